The van der Waals surface area contributed by atoms with Crippen LogP contribution in [0.2, 0.25) is 0 Å². The Morgan fingerprint density at radius 3 is 2.70 bits per heavy atom. The zero-order valence-corrected chi connectivity index (χ0v) is 15.7. The minimum Gasteiger partial charge on any atom is -0.493 e. The van der Waals surface area contributed by atoms with Crippen LogP contribution < -0.4 is 14.9 Å². The Kier molecular flexibility index (Phi) is 6.60. The zero-order chi connectivity index (χ0) is 18.9. The summed E-state index contributed by atoms with van der Waals surface area (Å²) in [6.45, 7) is 0.462. The van der Waals surface area contributed by atoms with Crippen molar-refractivity contribution in [3.63, 3.8) is 0 Å². The number of hydrogen-bond acceptors (Lipinski definition) is 5. The van der Waals surface area contributed by atoms with Gasteiger partial charge in [0.25, 0.3) is 0 Å². The number of methoxy groups -OCH3 is 1. The van der Waals surface area contributed by atoms with Crippen LogP contribution in [0, 0.1) is 0 Å². The fourth-order valence-electron chi connectivity index (χ4n) is 2.41. The molecule has 6 heteroatoms. The molecule has 27 heavy (non-hydrogen) atoms. The van der Waals surface area contributed by atoms with Crippen LogP contribution in [0.3, 0.4) is 0 Å². The number of hydrazone groups is 1. The van der Waals surface area contributed by atoms with E-state index in [1.165, 1.54) is 0 Å². The lowest BCUT2D eigenvalue weighted by molar-refractivity contribution is -0.120. The number of carbonyl (C=O) groups is 1. The van der Waals surface area contributed by atoms with Gasteiger partial charge in [0.15, 0.2) is 11.5 Å². The molecule has 0 fully saturated rings. The van der Waals surface area contributed by atoms with Crippen molar-refractivity contribution in [3.8, 4) is 11.5 Å². The van der Waals surface area contributed by atoms with Crippen LogP contribution in [0.4, 0.5) is 0 Å². The van der Waals surface area contributed by atoms with Gasteiger partial charge in [-0.15, -0.1) is 11.3 Å². The summed E-state index contributed by atoms with van der Waals surface area (Å²) in [5.41, 5.74) is 4.42. The first kappa shape index (κ1) is 18.7. The predicted molar refractivity (Wildman–Crippen MR) is 108 cm³/mol. The second kappa shape index (κ2) is 9.54. The SMILES string of the molecule is COc1cc(/C=N/NC(=O)Cc2cccs2)ccc1OCc1ccccc1. The van der Waals surface area contributed by atoms with E-state index >= 15 is 0 Å². The minimum atomic E-state index is -0.150. The van der Waals surface area contributed by atoms with E-state index in [-0.39, 0.29) is 5.91 Å². The first-order valence-electron chi connectivity index (χ1n) is 8.43. The number of nitrogens with zero attached hydrogens (tertiary/aromatic N) is 1. The van der Waals surface area contributed by atoms with Gasteiger partial charge < -0.3 is 9.47 Å². The van der Waals surface area contributed by atoms with Gasteiger partial charge in [-0.1, -0.05) is 36.4 Å². The van der Waals surface area contributed by atoms with Gasteiger partial charge in [0.2, 0.25) is 5.91 Å². The first-order chi connectivity index (χ1) is 13.2. The summed E-state index contributed by atoms with van der Waals surface area (Å²) in [6.07, 6.45) is 1.90. The fraction of sp³-hybridized carbons (Fsp3) is 0.143. The summed E-state index contributed by atoms with van der Waals surface area (Å²) < 4.78 is 11.2. The first-order valence-corrected chi connectivity index (χ1v) is 9.31. The maximum atomic E-state index is 11.8. The van der Waals surface area contributed by atoms with Crippen LogP contribution in [0.1, 0.15) is 16.0 Å². The number of amides is 1. The van der Waals surface area contributed by atoms with Crippen LogP contribution in [0.15, 0.2) is 71.1 Å². The highest BCUT2D eigenvalue weighted by molar-refractivity contribution is 7.10. The van der Waals surface area contributed by atoms with Gasteiger partial charge in [-0.3, -0.25) is 4.79 Å². The molecule has 2 aromatic carbocycles. The molecule has 1 aromatic heterocycles. The van der Waals surface area contributed by atoms with Gasteiger partial charge in [-0.2, -0.15) is 5.10 Å². The van der Waals surface area contributed by atoms with Crippen LogP contribution in [-0.2, 0) is 17.8 Å². The van der Waals surface area contributed by atoms with Crippen molar-refractivity contribution in [3.05, 3.63) is 82.0 Å². The maximum absolute atomic E-state index is 11.8. The van der Waals surface area contributed by atoms with Crippen molar-refractivity contribution >= 4 is 23.5 Å². The Balaban J connectivity index is 1.57. The molecule has 0 radical (unpaired) electrons. The van der Waals surface area contributed by atoms with Crippen LogP contribution >= 0.6 is 11.3 Å². The molecule has 1 heterocycles. The fourth-order valence-corrected chi connectivity index (χ4v) is 3.11. The molecule has 5 nitrogen and oxygen atoms in total. The van der Waals surface area contributed by atoms with E-state index in [4.69, 9.17) is 9.47 Å². The third-order valence-corrected chi connectivity index (χ3v) is 4.62. The minimum absolute atomic E-state index is 0.150. The highest BCUT2D eigenvalue weighted by atomic mass is 32.1. The van der Waals surface area contributed by atoms with Gasteiger partial charge >= 0.3 is 0 Å². The van der Waals surface area contributed by atoms with Crippen molar-refractivity contribution < 1.29 is 14.3 Å². The third-order valence-electron chi connectivity index (χ3n) is 3.74. The summed E-state index contributed by atoms with van der Waals surface area (Å²) in [5.74, 6) is 1.11. The standard InChI is InChI=1S/C21H20N2O3S/c1-25-20-12-17(14-22-23-21(24)13-18-8-5-11-27-18)9-10-19(20)26-15-16-6-3-2-4-7-16/h2-12,14H,13,15H2,1H3,(H,23,24)/b22-14+. The zero-order valence-electron chi connectivity index (χ0n) is 14.9. The van der Waals surface area contributed by atoms with Crippen LogP contribution in [0.5, 0.6) is 11.5 Å². The Hall–Kier alpha value is -3.12. The van der Waals surface area contributed by atoms with Crippen LogP contribution in [-0.4, -0.2) is 19.2 Å². The third kappa shape index (κ3) is 5.69. The molecule has 0 aliphatic heterocycles. The number of benzene rings is 2. The highest BCUT2D eigenvalue weighted by Crippen LogP contribution is 2.28. The average Bonchev–Trinajstić information content (AvgIpc) is 3.20. The number of carbonyl (C=O) groups excluding carboxylic acids is 1. The molecule has 1 N–H and O–H groups in total. The van der Waals surface area contributed by atoms with Crippen molar-refractivity contribution in [2.24, 2.45) is 5.10 Å². The van der Waals surface area contributed by atoms with E-state index in [0.717, 1.165) is 16.0 Å². The Morgan fingerprint density at radius 1 is 1.11 bits per heavy atom. The molecular weight excluding hydrogens is 360 g/mol. The predicted octanol–water partition coefficient (Wildman–Crippen LogP) is 4.03. The lowest BCUT2D eigenvalue weighted by Gasteiger charge is -2.11. The van der Waals surface area contributed by atoms with E-state index in [1.807, 2.05) is 66.0 Å². The number of ether oxygens (including phenoxy) is 2. The highest BCUT2D eigenvalue weighted by Gasteiger charge is 2.06. The number of hydrogen-bond donors (Lipinski definition) is 1. The molecule has 0 unspecified atom stereocenters. The van der Waals surface area contributed by atoms with Crippen LogP contribution in [0.25, 0.3) is 0 Å². The summed E-state index contributed by atoms with van der Waals surface area (Å²) in [5, 5.41) is 5.95. The van der Waals surface area contributed by atoms with Crippen molar-refractivity contribution in [1.82, 2.24) is 5.43 Å². The summed E-state index contributed by atoms with van der Waals surface area (Å²) >= 11 is 1.55. The lowest BCUT2D eigenvalue weighted by atomic mass is 10.2. The molecule has 0 aliphatic carbocycles. The molecule has 0 saturated heterocycles. The molecule has 1 amide bonds. The summed E-state index contributed by atoms with van der Waals surface area (Å²) in [6, 6.07) is 19.3. The Bertz CT molecular complexity index is 893. The van der Waals surface area contributed by atoms with Gasteiger partial charge in [0.05, 0.1) is 19.7 Å². The van der Waals surface area contributed by atoms with E-state index in [2.05, 4.69) is 10.5 Å². The quantitative estimate of drug-likeness (QED) is 0.474. The molecule has 3 rings (SSSR count). The average molecular weight is 380 g/mol. The molecular formula is C21H20N2O3S. The molecule has 0 atom stereocenters. The monoisotopic (exact) mass is 380 g/mol. The van der Waals surface area contributed by atoms with Gasteiger partial charge in [-0.25, -0.2) is 5.43 Å². The topological polar surface area (TPSA) is 59.9 Å². The number of rotatable bonds is 8. The molecule has 0 aliphatic rings. The maximum Gasteiger partial charge on any atom is 0.245 e. The van der Waals surface area contributed by atoms with Crippen molar-refractivity contribution in [2.45, 2.75) is 13.0 Å². The molecule has 138 valence electrons. The number of thiophene rings is 1. The van der Waals surface area contributed by atoms with Crippen molar-refractivity contribution in [2.75, 3.05) is 7.11 Å². The van der Waals surface area contributed by atoms with Gasteiger partial charge in [-0.05, 0) is 40.8 Å². The lowest BCUT2D eigenvalue weighted by Crippen LogP contribution is -2.19. The van der Waals surface area contributed by atoms with Crippen molar-refractivity contribution in [1.29, 1.82) is 0 Å². The van der Waals surface area contributed by atoms with E-state index in [1.54, 1.807) is 24.7 Å². The molecule has 0 bridgehead atoms. The summed E-state index contributed by atoms with van der Waals surface area (Å²) in [7, 11) is 1.59. The largest absolute Gasteiger partial charge is 0.493 e. The Morgan fingerprint density at radius 2 is 1.96 bits per heavy atom. The summed E-state index contributed by atoms with van der Waals surface area (Å²) in [4.78, 5) is 12.8. The normalized spacial score (nSPS) is 10.7. The second-order valence-corrected chi connectivity index (χ2v) is 6.77. The van der Waals surface area contributed by atoms with E-state index in [0.29, 0.717) is 24.5 Å². The molecule has 3 aromatic rings. The number of nitrogens with one attached hydrogen (secondary N) is 1. The molecule has 0 spiro atoms. The Labute approximate surface area is 162 Å². The van der Waals surface area contributed by atoms with Gasteiger partial charge in [0, 0.05) is 4.88 Å². The second-order valence-electron chi connectivity index (χ2n) is 5.73. The smallest absolute Gasteiger partial charge is 0.245 e. The van der Waals surface area contributed by atoms with Gasteiger partial charge in [0.1, 0.15) is 6.61 Å². The molecule has 0 saturated carbocycles. The van der Waals surface area contributed by atoms with E-state index in [9.17, 15) is 4.79 Å². The van der Waals surface area contributed by atoms with E-state index < -0.39 is 0 Å².